The number of carbonyl (C=O) groups is 2. The number of piperidine rings is 1. The Morgan fingerprint density at radius 3 is 2.30 bits per heavy atom. The molecule has 0 aromatic carbocycles. The van der Waals surface area contributed by atoms with Crippen molar-refractivity contribution >= 4 is 12.0 Å². The highest BCUT2D eigenvalue weighted by atomic mass is 16.6. The average molecular weight is 283 g/mol. The molecule has 0 bridgehead atoms. The van der Waals surface area contributed by atoms with E-state index >= 15 is 0 Å². The van der Waals surface area contributed by atoms with Crippen LogP contribution in [0.4, 0.5) is 4.79 Å². The summed E-state index contributed by atoms with van der Waals surface area (Å²) in [5.41, 5.74) is 0. The fraction of sp³-hybridized carbons (Fsp3) is 0.857. The molecule has 2 aliphatic rings. The summed E-state index contributed by atoms with van der Waals surface area (Å²) in [6.07, 6.45) is 2.57. The SMILES string of the molecule is CCOC(=O)N1CCN(C(=O)CC2CCNCC2)CC1. The smallest absolute Gasteiger partial charge is 0.409 e. The highest BCUT2D eigenvalue weighted by molar-refractivity contribution is 5.77. The number of carbonyl (C=O) groups excluding carboxylic acids is 2. The van der Waals surface area contributed by atoms with Gasteiger partial charge >= 0.3 is 6.09 Å². The molecule has 0 aliphatic carbocycles. The molecule has 0 spiro atoms. The van der Waals surface area contributed by atoms with Crippen LogP contribution >= 0.6 is 0 Å². The topological polar surface area (TPSA) is 61.9 Å². The molecule has 2 amide bonds. The van der Waals surface area contributed by atoms with Crippen LogP contribution in [0.1, 0.15) is 26.2 Å². The molecule has 2 fully saturated rings. The van der Waals surface area contributed by atoms with Crippen molar-refractivity contribution in [1.29, 1.82) is 0 Å². The van der Waals surface area contributed by atoms with E-state index in [2.05, 4.69) is 5.32 Å². The number of ether oxygens (including phenoxy) is 1. The minimum Gasteiger partial charge on any atom is -0.450 e. The van der Waals surface area contributed by atoms with E-state index in [1.54, 1.807) is 11.8 Å². The molecule has 0 aromatic heterocycles. The third-order valence-electron chi connectivity index (χ3n) is 4.08. The zero-order chi connectivity index (χ0) is 14.4. The van der Waals surface area contributed by atoms with Gasteiger partial charge in [0, 0.05) is 32.6 Å². The van der Waals surface area contributed by atoms with Gasteiger partial charge < -0.3 is 19.9 Å². The summed E-state index contributed by atoms with van der Waals surface area (Å²) < 4.78 is 4.98. The summed E-state index contributed by atoms with van der Waals surface area (Å²) in [4.78, 5) is 27.4. The Bertz CT molecular complexity index is 335. The predicted octanol–water partition coefficient (Wildman–Crippen LogP) is 0.677. The molecule has 1 N–H and O–H groups in total. The Labute approximate surface area is 120 Å². The Hall–Kier alpha value is -1.30. The number of hydrogen-bond acceptors (Lipinski definition) is 4. The van der Waals surface area contributed by atoms with Crippen LogP contribution in [0.5, 0.6) is 0 Å². The van der Waals surface area contributed by atoms with Crippen LogP contribution in [0, 0.1) is 5.92 Å². The molecule has 0 unspecified atom stereocenters. The summed E-state index contributed by atoms with van der Waals surface area (Å²) in [6.45, 7) is 6.66. The van der Waals surface area contributed by atoms with Crippen LogP contribution < -0.4 is 5.32 Å². The van der Waals surface area contributed by atoms with Gasteiger partial charge in [0.15, 0.2) is 0 Å². The molecular formula is C14H25N3O3. The third kappa shape index (κ3) is 4.10. The van der Waals surface area contributed by atoms with Crippen molar-refractivity contribution in [3.8, 4) is 0 Å². The van der Waals surface area contributed by atoms with Gasteiger partial charge in [0.1, 0.15) is 0 Å². The molecule has 0 radical (unpaired) electrons. The van der Waals surface area contributed by atoms with E-state index < -0.39 is 0 Å². The molecule has 6 nitrogen and oxygen atoms in total. The maximum atomic E-state index is 12.2. The lowest BCUT2D eigenvalue weighted by Gasteiger charge is -2.35. The molecule has 2 heterocycles. The van der Waals surface area contributed by atoms with Gasteiger partial charge in [-0.15, -0.1) is 0 Å². The van der Waals surface area contributed by atoms with E-state index in [4.69, 9.17) is 4.74 Å². The number of piperazine rings is 1. The third-order valence-corrected chi connectivity index (χ3v) is 4.08. The largest absolute Gasteiger partial charge is 0.450 e. The molecule has 2 rings (SSSR count). The van der Waals surface area contributed by atoms with Crippen molar-refractivity contribution in [3.05, 3.63) is 0 Å². The van der Waals surface area contributed by atoms with Crippen molar-refractivity contribution in [2.24, 2.45) is 5.92 Å². The molecule has 114 valence electrons. The predicted molar refractivity (Wildman–Crippen MR) is 75.4 cm³/mol. The average Bonchev–Trinajstić information content (AvgIpc) is 2.48. The standard InChI is InChI=1S/C14H25N3O3/c1-2-20-14(19)17-9-7-16(8-10-17)13(18)11-12-3-5-15-6-4-12/h12,15H,2-11H2,1H3. The molecule has 0 saturated carbocycles. The molecular weight excluding hydrogens is 258 g/mol. The van der Waals surface area contributed by atoms with Gasteiger partial charge in [0.05, 0.1) is 6.61 Å². The van der Waals surface area contributed by atoms with Crippen LogP contribution in [-0.4, -0.2) is 67.7 Å². The zero-order valence-corrected chi connectivity index (χ0v) is 12.3. The van der Waals surface area contributed by atoms with E-state index in [1.807, 2.05) is 4.90 Å². The van der Waals surface area contributed by atoms with Gasteiger partial charge in [-0.1, -0.05) is 0 Å². The van der Waals surface area contributed by atoms with Gasteiger partial charge in [-0.3, -0.25) is 4.79 Å². The Kier molecular flexibility index (Phi) is 5.64. The first-order chi connectivity index (χ1) is 9.70. The normalized spacial score (nSPS) is 20.9. The quantitative estimate of drug-likeness (QED) is 0.827. The monoisotopic (exact) mass is 283 g/mol. The summed E-state index contributed by atoms with van der Waals surface area (Å²) in [6, 6.07) is 0. The van der Waals surface area contributed by atoms with Gasteiger partial charge in [-0.25, -0.2) is 4.79 Å². The van der Waals surface area contributed by atoms with Crippen molar-refractivity contribution in [2.45, 2.75) is 26.2 Å². The van der Waals surface area contributed by atoms with E-state index in [9.17, 15) is 9.59 Å². The second-order valence-electron chi connectivity index (χ2n) is 5.46. The van der Waals surface area contributed by atoms with Crippen LogP contribution in [0.3, 0.4) is 0 Å². The Balaban J connectivity index is 1.72. The molecule has 0 aromatic rings. The van der Waals surface area contributed by atoms with Crippen molar-refractivity contribution in [3.63, 3.8) is 0 Å². The summed E-state index contributed by atoms with van der Waals surface area (Å²) in [7, 11) is 0. The van der Waals surface area contributed by atoms with Crippen LogP contribution in [0.2, 0.25) is 0 Å². The van der Waals surface area contributed by atoms with Crippen LogP contribution in [-0.2, 0) is 9.53 Å². The van der Waals surface area contributed by atoms with E-state index in [1.165, 1.54) is 0 Å². The summed E-state index contributed by atoms with van der Waals surface area (Å²) in [5, 5.41) is 3.31. The molecule has 0 atom stereocenters. The van der Waals surface area contributed by atoms with Crippen molar-refractivity contribution in [2.75, 3.05) is 45.9 Å². The Morgan fingerprint density at radius 2 is 1.70 bits per heavy atom. The highest BCUT2D eigenvalue weighted by Gasteiger charge is 2.26. The molecule has 2 saturated heterocycles. The fourth-order valence-corrected chi connectivity index (χ4v) is 2.82. The number of amides is 2. The van der Waals surface area contributed by atoms with E-state index in [-0.39, 0.29) is 12.0 Å². The maximum Gasteiger partial charge on any atom is 0.409 e. The number of nitrogens with zero attached hydrogens (tertiary/aromatic N) is 2. The lowest BCUT2D eigenvalue weighted by atomic mass is 9.94. The van der Waals surface area contributed by atoms with Gasteiger partial charge in [0.2, 0.25) is 5.91 Å². The van der Waals surface area contributed by atoms with Gasteiger partial charge in [-0.05, 0) is 38.8 Å². The maximum absolute atomic E-state index is 12.2. The lowest BCUT2D eigenvalue weighted by molar-refractivity contribution is -0.134. The first-order valence-electron chi connectivity index (χ1n) is 7.61. The Morgan fingerprint density at radius 1 is 1.10 bits per heavy atom. The van der Waals surface area contributed by atoms with E-state index in [0.717, 1.165) is 25.9 Å². The number of nitrogens with one attached hydrogen (secondary N) is 1. The fourth-order valence-electron chi connectivity index (χ4n) is 2.82. The molecule has 2 aliphatic heterocycles. The minimum atomic E-state index is -0.266. The number of hydrogen-bond donors (Lipinski definition) is 1. The molecule has 20 heavy (non-hydrogen) atoms. The van der Waals surface area contributed by atoms with Gasteiger partial charge in [-0.2, -0.15) is 0 Å². The van der Waals surface area contributed by atoms with Crippen LogP contribution in [0.25, 0.3) is 0 Å². The first kappa shape index (κ1) is 15.1. The van der Waals surface area contributed by atoms with E-state index in [0.29, 0.717) is 45.1 Å². The second-order valence-corrected chi connectivity index (χ2v) is 5.46. The summed E-state index contributed by atoms with van der Waals surface area (Å²) >= 11 is 0. The van der Waals surface area contributed by atoms with Crippen LogP contribution in [0.15, 0.2) is 0 Å². The highest BCUT2D eigenvalue weighted by Crippen LogP contribution is 2.18. The van der Waals surface area contributed by atoms with Gasteiger partial charge in [0.25, 0.3) is 0 Å². The lowest BCUT2D eigenvalue weighted by Crippen LogP contribution is -2.51. The summed E-state index contributed by atoms with van der Waals surface area (Å²) in [5.74, 6) is 0.757. The first-order valence-corrected chi connectivity index (χ1v) is 7.61. The zero-order valence-electron chi connectivity index (χ0n) is 12.3. The number of rotatable bonds is 3. The molecule has 6 heteroatoms. The van der Waals surface area contributed by atoms with Crippen molar-refractivity contribution in [1.82, 2.24) is 15.1 Å². The van der Waals surface area contributed by atoms with Crippen molar-refractivity contribution < 1.29 is 14.3 Å². The second kappa shape index (κ2) is 7.47. The minimum absolute atomic E-state index is 0.236.